The fraction of sp³-hybridized carbons (Fsp3) is 0.353. The van der Waals surface area contributed by atoms with Crippen molar-refractivity contribution in [2.75, 3.05) is 11.1 Å². The maximum Gasteiger partial charge on any atom is 0.226 e. The van der Waals surface area contributed by atoms with Crippen LogP contribution in [-0.4, -0.2) is 34.2 Å². The Balaban J connectivity index is 1.80. The van der Waals surface area contributed by atoms with Crippen molar-refractivity contribution < 1.29 is 8.42 Å². The monoisotopic (exact) mass is 389 g/mol. The molecule has 0 radical (unpaired) electrons. The molecule has 27 heavy (non-hydrogen) atoms. The van der Waals surface area contributed by atoms with Crippen molar-refractivity contribution in [2.45, 2.75) is 32.2 Å². The Morgan fingerprint density at radius 3 is 2.59 bits per heavy atom. The van der Waals surface area contributed by atoms with Crippen LogP contribution in [0.3, 0.4) is 0 Å². The summed E-state index contributed by atoms with van der Waals surface area (Å²) in [5.74, 6) is 0.612. The fourth-order valence-corrected chi connectivity index (χ4v) is 4.27. The van der Waals surface area contributed by atoms with Gasteiger partial charge in [-0.05, 0) is 25.0 Å². The van der Waals surface area contributed by atoms with Crippen LogP contribution in [0, 0.1) is 0 Å². The van der Waals surface area contributed by atoms with E-state index in [0.717, 1.165) is 5.56 Å². The third-order valence-electron chi connectivity index (χ3n) is 3.94. The third kappa shape index (κ3) is 4.52. The van der Waals surface area contributed by atoms with Gasteiger partial charge in [0.25, 0.3) is 0 Å². The van der Waals surface area contributed by atoms with E-state index in [4.69, 9.17) is 5.73 Å². The summed E-state index contributed by atoms with van der Waals surface area (Å²) in [5, 5.41) is 7.94. The lowest BCUT2D eigenvalue weighted by Crippen LogP contribution is -2.31. The fourth-order valence-electron chi connectivity index (χ4n) is 2.77. The van der Waals surface area contributed by atoms with Gasteiger partial charge in [-0.15, -0.1) is 0 Å². The van der Waals surface area contributed by atoms with Crippen LogP contribution in [0.15, 0.2) is 30.5 Å². The van der Waals surface area contributed by atoms with Gasteiger partial charge >= 0.3 is 0 Å². The third-order valence-corrected chi connectivity index (χ3v) is 5.46. The molecule has 0 fully saturated rings. The van der Waals surface area contributed by atoms with Crippen molar-refractivity contribution in [1.82, 2.24) is 24.5 Å². The highest BCUT2D eigenvalue weighted by molar-refractivity contribution is 7.88. The van der Waals surface area contributed by atoms with Gasteiger partial charge in [0.05, 0.1) is 17.3 Å². The quantitative estimate of drug-likeness (QED) is 0.557. The zero-order valence-electron chi connectivity index (χ0n) is 15.5. The summed E-state index contributed by atoms with van der Waals surface area (Å²) in [6, 6.07) is 7.21. The molecule has 0 aliphatic carbocycles. The van der Waals surface area contributed by atoms with E-state index in [1.54, 1.807) is 37.8 Å². The molecule has 10 heteroatoms. The van der Waals surface area contributed by atoms with Crippen LogP contribution in [0.25, 0.3) is 11.0 Å². The number of nitrogens with two attached hydrogens (primary N) is 1. The number of hydrogen-bond donors (Lipinski definition) is 3. The largest absolute Gasteiger partial charge is 0.383 e. The van der Waals surface area contributed by atoms with E-state index in [1.807, 2.05) is 18.2 Å². The van der Waals surface area contributed by atoms with Crippen LogP contribution in [-0.2, 0) is 29.4 Å². The summed E-state index contributed by atoms with van der Waals surface area (Å²) in [4.78, 5) is 8.67. The number of sulfonamides is 1. The maximum atomic E-state index is 12.3. The summed E-state index contributed by atoms with van der Waals surface area (Å²) in [6.45, 7) is 3.96. The summed E-state index contributed by atoms with van der Waals surface area (Å²) in [5.41, 5.74) is 8.16. The molecule has 3 rings (SSSR count). The van der Waals surface area contributed by atoms with Crippen molar-refractivity contribution in [1.29, 1.82) is 0 Å². The normalized spacial score (nSPS) is 12.0. The van der Waals surface area contributed by atoms with E-state index < -0.39 is 10.0 Å². The minimum atomic E-state index is -3.41. The van der Waals surface area contributed by atoms with Crippen LogP contribution in [0.5, 0.6) is 0 Å². The maximum absolute atomic E-state index is 12.3. The van der Waals surface area contributed by atoms with E-state index in [0.29, 0.717) is 34.9 Å². The Morgan fingerprint density at radius 1 is 1.19 bits per heavy atom. The Labute approximate surface area is 158 Å². The zero-order chi connectivity index (χ0) is 19.6. The Hall–Kier alpha value is -2.72. The lowest BCUT2D eigenvalue weighted by Gasteiger charge is -2.13. The predicted molar refractivity (Wildman–Crippen MR) is 105 cm³/mol. The van der Waals surface area contributed by atoms with Gasteiger partial charge in [0, 0.05) is 19.6 Å². The highest BCUT2D eigenvalue weighted by Gasteiger charge is 2.16. The first-order chi connectivity index (χ1) is 12.7. The highest BCUT2D eigenvalue weighted by Crippen LogP contribution is 2.19. The summed E-state index contributed by atoms with van der Waals surface area (Å²) >= 11 is 0. The van der Waals surface area contributed by atoms with Gasteiger partial charge in [-0.2, -0.15) is 15.1 Å². The molecule has 0 saturated heterocycles. The SMILES string of the molecule is CC(C)NS(=O)(=O)Cc1ccccc1CNc1nc(N)c2cnn(C)c2n1. The van der Waals surface area contributed by atoms with Gasteiger partial charge in [0.15, 0.2) is 5.65 Å². The Kier molecular flexibility index (Phi) is 5.29. The van der Waals surface area contributed by atoms with Crippen molar-refractivity contribution in [3.05, 3.63) is 41.6 Å². The zero-order valence-corrected chi connectivity index (χ0v) is 16.3. The van der Waals surface area contributed by atoms with Gasteiger partial charge in [-0.25, -0.2) is 13.1 Å². The number of anilines is 2. The molecule has 0 unspecified atom stereocenters. The summed E-state index contributed by atoms with van der Waals surface area (Å²) in [6.07, 6.45) is 1.62. The first kappa shape index (κ1) is 19.1. The van der Waals surface area contributed by atoms with Crippen LogP contribution >= 0.6 is 0 Å². The standard InChI is InChI=1S/C17H23N7O2S/c1-11(2)23-27(25,26)10-13-7-5-4-6-12(13)8-19-17-21-15(18)14-9-20-24(3)16(14)22-17/h4-7,9,11,23H,8,10H2,1-3H3,(H3,18,19,21,22). The number of nitrogens with zero attached hydrogens (tertiary/aromatic N) is 4. The molecule has 0 amide bonds. The summed E-state index contributed by atoms with van der Waals surface area (Å²) < 4.78 is 28.7. The minimum absolute atomic E-state index is 0.0905. The average Bonchev–Trinajstić information content (AvgIpc) is 2.94. The van der Waals surface area contributed by atoms with E-state index in [-0.39, 0.29) is 11.8 Å². The second-order valence-electron chi connectivity index (χ2n) is 6.59. The number of hydrogen-bond acceptors (Lipinski definition) is 7. The number of rotatable bonds is 7. The minimum Gasteiger partial charge on any atom is -0.383 e. The lowest BCUT2D eigenvalue weighted by molar-refractivity contribution is 0.569. The molecule has 4 N–H and O–H groups in total. The predicted octanol–water partition coefficient (Wildman–Crippen LogP) is 1.39. The smallest absolute Gasteiger partial charge is 0.226 e. The molecule has 2 aromatic heterocycles. The first-order valence-corrected chi connectivity index (χ1v) is 10.2. The van der Waals surface area contributed by atoms with Crippen molar-refractivity contribution in [3.63, 3.8) is 0 Å². The molecule has 0 aliphatic rings. The summed E-state index contributed by atoms with van der Waals surface area (Å²) in [7, 11) is -1.64. The van der Waals surface area contributed by atoms with Crippen LogP contribution in [0.4, 0.5) is 11.8 Å². The number of aromatic nitrogens is 4. The van der Waals surface area contributed by atoms with Crippen LogP contribution in [0.2, 0.25) is 0 Å². The van der Waals surface area contributed by atoms with Gasteiger partial charge in [0.2, 0.25) is 16.0 Å². The molecule has 3 aromatic rings. The van der Waals surface area contributed by atoms with Crippen molar-refractivity contribution >= 4 is 32.8 Å². The second kappa shape index (κ2) is 7.49. The molecule has 0 bridgehead atoms. The van der Waals surface area contributed by atoms with Crippen LogP contribution in [0.1, 0.15) is 25.0 Å². The number of nitrogens with one attached hydrogen (secondary N) is 2. The number of fused-ring (bicyclic) bond motifs is 1. The molecule has 1 aromatic carbocycles. The molecular formula is C17H23N7O2S. The Bertz CT molecular complexity index is 1060. The second-order valence-corrected chi connectivity index (χ2v) is 8.35. The topological polar surface area (TPSA) is 128 Å². The van der Waals surface area contributed by atoms with Gasteiger partial charge in [-0.1, -0.05) is 24.3 Å². The van der Waals surface area contributed by atoms with Gasteiger partial charge in [0.1, 0.15) is 5.82 Å². The number of benzene rings is 1. The molecule has 0 atom stereocenters. The van der Waals surface area contributed by atoms with E-state index in [1.165, 1.54) is 0 Å². The van der Waals surface area contributed by atoms with Crippen LogP contribution < -0.4 is 15.8 Å². The first-order valence-electron chi connectivity index (χ1n) is 8.51. The van der Waals surface area contributed by atoms with E-state index >= 15 is 0 Å². The molecule has 9 nitrogen and oxygen atoms in total. The molecular weight excluding hydrogens is 366 g/mol. The van der Waals surface area contributed by atoms with Crippen molar-refractivity contribution in [3.8, 4) is 0 Å². The number of nitrogen functional groups attached to an aromatic ring is 1. The van der Waals surface area contributed by atoms with Crippen molar-refractivity contribution in [2.24, 2.45) is 7.05 Å². The average molecular weight is 389 g/mol. The van der Waals surface area contributed by atoms with Gasteiger partial charge in [-0.3, -0.25) is 4.68 Å². The molecule has 0 aliphatic heterocycles. The molecule has 144 valence electrons. The van der Waals surface area contributed by atoms with E-state index in [9.17, 15) is 8.42 Å². The Morgan fingerprint density at radius 2 is 1.89 bits per heavy atom. The van der Waals surface area contributed by atoms with Gasteiger partial charge < -0.3 is 11.1 Å². The highest BCUT2D eigenvalue weighted by atomic mass is 32.2. The number of aryl methyl sites for hydroxylation is 1. The van der Waals surface area contributed by atoms with E-state index in [2.05, 4.69) is 25.1 Å². The molecule has 0 saturated carbocycles. The molecule has 2 heterocycles. The lowest BCUT2D eigenvalue weighted by atomic mass is 10.1. The molecule has 0 spiro atoms.